The Balaban J connectivity index is 1.67. The number of carbonyl (C=O) groups is 2. The summed E-state index contributed by atoms with van der Waals surface area (Å²) in [4.78, 5) is 30.8. The maximum atomic E-state index is 12.7. The molecule has 1 aromatic heterocycles. The Hall–Kier alpha value is -2.41. The van der Waals surface area contributed by atoms with Gasteiger partial charge >= 0.3 is 5.97 Å². The Morgan fingerprint density at radius 1 is 1.40 bits per heavy atom. The van der Waals surface area contributed by atoms with Gasteiger partial charge in [0.05, 0.1) is 17.0 Å². The van der Waals surface area contributed by atoms with Crippen molar-refractivity contribution in [3.05, 3.63) is 45.9 Å². The van der Waals surface area contributed by atoms with Crippen molar-refractivity contribution in [2.75, 3.05) is 19.7 Å². The number of aromatic nitrogens is 1. The first kappa shape index (κ1) is 16.1. The van der Waals surface area contributed by atoms with Crippen molar-refractivity contribution in [3.63, 3.8) is 0 Å². The Morgan fingerprint density at radius 3 is 2.92 bits per heavy atom. The fraction of sp³-hybridized carbons (Fsp3) is 0.389. The van der Waals surface area contributed by atoms with E-state index in [2.05, 4.69) is 4.98 Å². The Morgan fingerprint density at radius 2 is 2.20 bits per heavy atom. The number of likely N-dealkylation sites (tertiary alicyclic amines) is 1. The largest absolute Gasteiger partial charge is 0.493 e. The molecule has 2 aliphatic heterocycles. The van der Waals surface area contributed by atoms with Gasteiger partial charge in [-0.1, -0.05) is 18.2 Å². The van der Waals surface area contributed by atoms with Crippen LogP contribution in [0.1, 0.15) is 21.1 Å². The van der Waals surface area contributed by atoms with Crippen LogP contribution in [0.3, 0.4) is 0 Å². The highest BCUT2D eigenvalue weighted by Gasteiger charge is 2.55. The van der Waals surface area contributed by atoms with Crippen molar-refractivity contribution >= 4 is 23.2 Å². The predicted octanol–water partition coefficient (Wildman–Crippen LogP) is 2.23. The maximum absolute atomic E-state index is 12.7. The number of carboxylic acids is 1. The normalized spacial score (nSPS) is 24.8. The molecule has 6 nitrogen and oxygen atoms in total. The van der Waals surface area contributed by atoms with Crippen LogP contribution >= 0.6 is 11.3 Å². The zero-order valence-electron chi connectivity index (χ0n) is 13.8. The maximum Gasteiger partial charge on any atom is 0.312 e. The zero-order chi connectivity index (χ0) is 17.6. The van der Waals surface area contributed by atoms with E-state index in [4.69, 9.17) is 4.74 Å². The van der Waals surface area contributed by atoms with Gasteiger partial charge in [0, 0.05) is 24.4 Å². The number of rotatable bonds is 2. The molecular weight excluding hydrogens is 340 g/mol. The van der Waals surface area contributed by atoms with Crippen molar-refractivity contribution < 1.29 is 19.4 Å². The molecule has 0 spiro atoms. The highest BCUT2D eigenvalue weighted by Crippen LogP contribution is 2.44. The molecule has 0 bridgehead atoms. The predicted molar refractivity (Wildman–Crippen MR) is 92.0 cm³/mol. The fourth-order valence-electron chi connectivity index (χ4n) is 3.80. The van der Waals surface area contributed by atoms with Crippen LogP contribution in [0.25, 0.3) is 0 Å². The summed E-state index contributed by atoms with van der Waals surface area (Å²) in [6.07, 6.45) is 0.364. The molecule has 25 heavy (non-hydrogen) atoms. The van der Waals surface area contributed by atoms with Crippen LogP contribution in [0, 0.1) is 18.3 Å². The summed E-state index contributed by atoms with van der Waals surface area (Å²) < 4.78 is 5.86. The van der Waals surface area contributed by atoms with Crippen LogP contribution in [-0.4, -0.2) is 46.6 Å². The lowest BCUT2D eigenvalue weighted by molar-refractivity contribution is -0.150. The number of carboxylic acid groups (broad SMARTS) is 1. The van der Waals surface area contributed by atoms with Crippen molar-refractivity contribution in [3.8, 4) is 5.75 Å². The van der Waals surface area contributed by atoms with Crippen molar-refractivity contribution in [1.82, 2.24) is 9.88 Å². The molecule has 1 aromatic carbocycles. The highest BCUT2D eigenvalue weighted by atomic mass is 32.1. The minimum atomic E-state index is -1.02. The summed E-state index contributed by atoms with van der Waals surface area (Å²) >= 11 is 1.42. The van der Waals surface area contributed by atoms with Crippen LogP contribution < -0.4 is 4.74 Å². The van der Waals surface area contributed by atoms with Gasteiger partial charge in [0.25, 0.3) is 5.91 Å². The van der Waals surface area contributed by atoms with Crippen LogP contribution in [-0.2, 0) is 11.2 Å². The molecule has 3 heterocycles. The number of carbonyl (C=O) groups excluding carboxylic acids is 1. The molecule has 1 amide bonds. The van der Waals surface area contributed by atoms with Crippen LogP contribution in [0.2, 0.25) is 0 Å². The molecule has 1 saturated heterocycles. The Bertz CT molecular complexity index is 849. The highest BCUT2D eigenvalue weighted by molar-refractivity contribution is 7.09. The van der Waals surface area contributed by atoms with E-state index in [1.165, 1.54) is 11.3 Å². The Kier molecular flexibility index (Phi) is 3.76. The third-order valence-corrected chi connectivity index (χ3v) is 5.94. The minimum Gasteiger partial charge on any atom is -0.493 e. The van der Waals surface area contributed by atoms with E-state index in [0.29, 0.717) is 25.3 Å². The standard InChI is InChI=1S/C18H18N2O4S/c1-11-19-14(9-25-11)16(21)20-7-13-8-24-15-5-3-2-4-12(15)6-18(13,10-20)17(22)23/h2-5,9,13H,6-8,10H2,1H3,(H,22,23)/t13-,18+/m0/s1. The second-order valence-corrected chi connectivity index (χ2v) is 7.75. The number of hydrogen-bond donors (Lipinski definition) is 1. The second-order valence-electron chi connectivity index (χ2n) is 6.69. The van der Waals surface area contributed by atoms with E-state index in [1.807, 2.05) is 31.2 Å². The van der Waals surface area contributed by atoms with Crippen LogP contribution in [0.15, 0.2) is 29.6 Å². The van der Waals surface area contributed by atoms with Crippen molar-refractivity contribution in [1.29, 1.82) is 0 Å². The van der Waals surface area contributed by atoms with Crippen molar-refractivity contribution in [2.24, 2.45) is 11.3 Å². The lowest BCUT2D eigenvalue weighted by Crippen LogP contribution is -2.42. The molecule has 130 valence electrons. The summed E-state index contributed by atoms with van der Waals surface area (Å²) in [6, 6.07) is 7.53. The first-order chi connectivity index (χ1) is 12.0. The molecule has 7 heteroatoms. The molecule has 2 aliphatic rings. The first-order valence-corrected chi connectivity index (χ1v) is 9.03. The van der Waals surface area contributed by atoms with Gasteiger partial charge in [0.1, 0.15) is 11.4 Å². The lowest BCUT2D eigenvalue weighted by Gasteiger charge is -2.27. The van der Waals surface area contributed by atoms with Gasteiger partial charge < -0.3 is 14.7 Å². The quantitative estimate of drug-likeness (QED) is 0.890. The van der Waals surface area contributed by atoms with Gasteiger partial charge in [-0.3, -0.25) is 9.59 Å². The summed E-state index contributed by atoms with van der Waals surface area (Å²) in [6.45, 7) is 2.69. The number of nitrogens with zero attached hydrogens (tertiary/aromatic N) is 2. The monoisotopic (exact) mass is 358 g/mol. The third kappa shape index (κ3) is 2.59. The topological polar surface area (TPSA) is 79.7 Å². The van der Waals surface area contributed by atoms with E-state index in [0.717, 1.165) is 16.3 Å². The average Bonchev–Trinajstić information content (AvgIpc) is 3.14. The number of thiazole rings is 1. The van der Waals surface area contributed by atoms with Gasteiger partial charge in [0.2, 0.25) is 0 Å². The summed E-state index contributed by atoms with van der Waals surface area (Å²) in [5.41, 5.74) is 0.250. The zero-order valence-corrected chi connectivity index (χ0v) is 14.6. The molecule has 0 radical (unpaired) electrons. The van der Waals surface area contributed by atoms with E-state index < -0.39 is 11.4 Å². The third-order valence-electron chi connectivity index (χ3n) is 5.17. The van der Waals surface area contributed by atoms with Gasteiger partial charge in [-0.2, -0.15) is 0 Å². The molecule has 2 atom stereocenters. The van der Waals surface area contributed by atoms with E-state index in [1.54, 1.807) is 10.3 Å². The summed E-state index contributed by atoms with van der Waals surface area (Å²) in [5, 5.41) is 12.6. The van der Waals surface area contributed by atoms with Crippen LogP contribution in [0.5, 0.6) is 5.75 Å². The number of hydrogen-bond acceptors (Lipinski definition) is 5. The SMILES string of the molecule is Cc1nc(C(=O)N2C[C@H]3COc4ccccc4C[C@@]3(C(=O)O)C2)cs1. The second kappa shape index (κ2) is 5.84. The number of fused-ring (bicyclic) bond motifs is 2. The van der Waals surface area contributed by atoms with Gasteiger partial charge in [-0.05, 0) is 25.0 Å². The number of para-hydroxylation sites is 1. The molecule has 0 saturated carbocycles. The van der Waals surface area contributed by atoms with Gasteiger partial charge in [-0.25, -0.2) is 4.98 Å². The van der Waals surface area contributed by atoms with E-state index in [9.17, 15) is 14.7 Å². The Labute approximate surface area is 149 Å². The molecule has 0 aliphatic carbocycles. The number of ether oxygens (including phenoxy) is 1. The molecule has 2 aromatic rings. The van der Waals surface area contributed by atoms with E-state index >= 15 is 0 Å². The first-order valence-electron chi connectivity index (χ1n) is 8.15. The number of aliphatic carboxylic acids is 1. The average molecular weight is 358 g/mol. The number of benzene rings is 1. The van der Waals surface area contributed by atoms with Gasteiger partial charge in [0.15, 0.2) is 0 Å². The summed E-state index contributed by atoms with van der Waals surface area (Å²) in [7, 11) is 0. The number of amides is 1. The molecular formula is C18H18N2O4S. The molecule has 4 rings (SSSR count). The smallest absolute Gasteiger partial charge is 0.312 e. The molecule has 0 unspecified atom stereocenters. The van der Waals surface area contributed by atoms with Crippen molar-refractivity contribution in [2.45, 2.75) is 13.3 Å². The van der Waals surface area contributed by atoms with E-state index in [-0.39, 0.29) is 18.4 Å². The lowest BCUT2D eigenvalue weighted by atomic mass is 9.74. The molecule has 1 N–H and O–H groups in total. The minimum absolute atomic E-state index is 0.181. The number of aryl methyl sites for hydroxylation is 1. The molecule has 1 fully saturated rings. The van der Waals surface area contributed by atoms with Crippen LogP contribution in [0.4, 0.5) is 0 Å². The van der Waals surface area contributed by atoms with Gasteiger partial charge in [-0.15, -0.1) is 11.3 Å². The summed E-state index contributed by atoms with van der Waals surface area (Å²) in [5.74, 6) is -0.583. The fourth-order valence-corrected chi connectivity index (χ4v) is 4.39.